The van der Waals surface area contributed by atoms with Crippen molar-refractivity contribution in [2.45, 2.75) is 71.3 Å². The second kappa shape index (κ2) is 9.36. The van der Waals surface area contributed by atoms with Crippen LogP contribution in [0.3, 0.4) is 0 Å². The molecule has 1 aromatic heterocycles. The van der Waals surface area contributed by atoms with Gasteiger partial charge >= 0.3 is 5.97 Å². The largest absolute Gasteiger partial charge is 0.507 e. The number of benzene rings is 1. The van der Waals surface area contributed by atoms with Gasteiger partial charge in [0.1, 0.15) is 18.1 Å². The van der Waals surface area contributed by atoms with Crippen LogP contribution in [0.5, 0.6) is 11.5 Å². The van der Waals surface area contributed by atoms with Gasteiger partial charge in [-0.15, -0.1) is 0 Å². The predicted molar refractivity (Wildman–Crippen MR) is 121 cm³/mol. The summed E-state index contributed by atoms with van der Waals surface area (Å²) in [6.45, 7) is 11.9. The fourth-order valence-corrected chi connectivity index (χ4v) is 3.62. The lowest BCUT2D eigenvalue weighted by atomic mass is 9.76. The fraction of sp³-hybridized carbons (Fsp3) is 0.520. The Bertz CT molecular complexity index is 1000. The number of hydrogen-bond donors (Lipinski definition) is 2. The van der Waals surface area contributed by atoms with Crippen LogP contribution >= 0.6 is 0 Å². The van der Waals surface area contributed by atoms with Crippen molar-refractivity contribution in [2.24, 2.45) is 0 Å². The Hall–Kier alpha value is -2.80. The summed E-state index contributed by atoms with van der Waals surface area (Å²) >= 11 is 0. The van der Waals surface area contributed by atoms with Gasteiger partial charge < -0.3 is 24.1 Å². The molecule has 1 atom stereocenters. The van der Waals surface area contributed by atoms with Gasteiger partial charge in [-0.1, -0.05) is 53.7 Å². The third-order valence-electron chi connectivity index (χ3n) is 5.35. The van der Waals surface area contributed by atoms with Gasteiger partial charge in [0.2, 0.25) is 11.2 Å². The molecule has 1 aromatic carbocycles. The Morgan fingerprint density at radius 2 is 1.50 bits per heavy atom. The molecule has 7 nitrogen and oxygen atoms in total. The van der Waals surface area contributed by atoms with Crippen LogP contribution in [0.4, 0.5) is 0 Å². The highest BCUT2D eigenvalue weighted by Gasteiger charge is 2.32. The van der Waals surface area contributed by atoms with E-state index >= 15 is 0 Å². The quantitative estimate of drug-likeness (QED) is 0.630. The molecule has 0 saturated heterocycles. The van der Waals surface area contributed by atoms with E-state index in [1.807, 2.05) is 41.5 Å². The van der Waals surface area contributed by atoms with Gasteiger partial charge in [0.05, 0.1) is 19.4 Å². The number of rotatable bonds is 6. The maximum atomic E-state index is 12.4. The molecule has 0 bridgehead atoms. The van der Waals surface area contributed by atoms with Crippen molar-refractivity contribution in [1.29, 1.82) is 0 Å². The Morgan fingerprint density at radius 1 is 0.969 bits per heavy atom. The molecule has 0 aliphatic rings. The molecule has 32 heavy (non-hydrogen) atoms. The second-order valence-corrected chi connectivity index (χ2v) is 10.0. The molecule has 0 radical (unpaired) electrons. The number of aromatic hydroxyl groups is 2. The maximum Gasteiger partial charge on any atom is 0.306 e. The lowest BCUT2D eigenvalue weighted by Gasteiger charge is -2.29. The van der Waals surface area contributed by atoms with E-state index in [4.69, 9.17) is 13.9 Å². The summed E-state index contributed by atoms with van der Waals surface area (Å²) in [4.78, 5) is 24.7. The first-order chi connectivity index (χ1) is 14.7. The third kappa shape index (κ3) is 5.51. The number of carbonyl (C=O) groups is 1. The highest BCUT2D eigenvalue weighted by molar-refractivity contribution is 5.71. The number of hydrogen-bond acceptors (Lipinski definition) is 7. The van der Waals surface area contributed by atoms with Crippen LogP contribution in [0.1, 0.15) is 82.1 Å². The van der Waals surface area contributed by atoms with Crippen molar-refractivity contribution in [2.75, 3.05) is 14.2 Å². The Labute approximate surface area is 189 Å². The van der Waals surface area contributed by atoms with Gasteiger partial charge in [-0.2, -0.15) is 0 Å². The number of ether oxygens (including phenoxy) is 2. The SMILES string of the molecule is COCc1cc(=O)c(O)c([C@@H](CC(=O)OC)c2cc(C(C)(C)C)c(O)c(C(C)(C)C)c2)o1. The van der Waals surface area contributed by atoms with Crippen molar-refractivity contribution in [1.82, 2.24) is 0 Å². The van der Waals surface area contributed by atoms with E-state index in [1.165, 1.54) is 14.2 Å². The predicted octanol–water partition coefficient (Wildman–Crippen LogP) is 4.49. The van der Waals surface area contributed by atoms with Gasteiger partial charge in [0.15, 0.2) is 5.76 Å². The smallest absolute Gasteiger partial charge is 0.306 e. The fourth-order valence-electron chi connectivity index (χ4n) is 3.62. The summed E-state index contributed by atoms with van der Waals surface area (Å²) in [7, 11) is 2.73. The second-order valence-electron chi connectivity index (χ2n) is 10.0. The molecule has 176 valence electrons. The van der Waals surface area contributed by atoms with E-state index in [2.05, 4.69) is 0 Å². The maximum absolute atomic E-state index is 12.4. The van der Waals surface area contributed by atoms with Gasteiger partial charge in [-0.25, -0.2) is 0 Å². The summed E-state index contributed by atoms with van der Waals surface area (Å²) in [6, 6.07) is 4.75. The van der Waals surface area contributed by atoms with Crippen molar-refractivity contribution in [3.8, 4) is 11.5 Å². The average Bonchev–Trinajstić information content (AvgIpc) is 2.67. The minimum atomic E-state index is -0.810. The van der Waals surface area contributed by atoms with Crippen LogP contribution < -0.4 is 5.43 Å². The molecule has 1 heterocycles. The molecule has 0 spiro atoms. The van der Waals surface area contributed by atoms with Gasteiger partial charge in [-0.3, -0.25) is 9.59 Å². The molecule has 0 unspecified atom stereocenters. The standard InChI is InChI=1S/C25H34O7/c1-24(2,3)17-9-14(10-18(21(17)28)25(4,5)6)16(12-20(27)31-8)23-22(29)19(26)11-15(32-23)13-30-7/h9-11,16,28-29H,12-13H2,1-8H3/t16-/m0/s1. The molecule has 0 fully saturated rings. The molecule has 0 aliphatic carbocycles. The number of carbonyl (C=O) groups excluding carboxylic acids is 1. The zero-order chi connectivity index (χ0) is 24.4. The molecule has 7 heteroatoms. The number of esters is 1. The van der Waals surface area contributed by atoms with Crippen LogP contribution in [0.2, 0.25) is 0 Å². The summed E-state index contributed by atoms with van der Waals surface area (Å²) in [5.74, 6) is -1.54. The monoisotopic (exact) mass is 446 g/mol. The van der Waals surface area contributed by atoms with Gasteiger partial charge in [0, 0.05) is 13.2 Å². The van der Waals surface area contributed by atoms with E-state index in [1.54, 1.807) is 12.1 Å². The van der Waals surface area contributed by atoms with E-state index in [9.17, 15) is 19.8 Å². The summed E-state index contributed by atoms with van der Waals surface area (Å²) < 4.78 is 15.8. The first-order valence-electron chi connectivity index (χ1n) is 10.5. The minimum Gasteiger partial charge on any atom is -0.507 e. The summed E-state index contributed by atoms with van der Waals surface area (Å²) in [5.41, 5.74) is 0.553. The lowest BCUT2D eigenvalue weighted by Crippen LogP contribution is -2.20. The Morgan fingerprint density at radius 3 is 1.94 bits per heavy atom. The summed E-state index contributed by atoms with van der Waals surface area (Å²) in [5, 5.41) is 21.6. The van der Waals surface area contributed by atoms with E-state index in [-0.39, 0.29) is 30.3 Å². The molecule has 0 saturated carbocycles. The first-order valence-corrected chi connectivity index (χ1v) is 10.5. The topological polar surface area (TPSA) is 106 Å². The number of phenolic OH excluding ortho intramolecular Hbond substituents is 1. The van der Waals surface area contributed by atoms with Gasteiger partial charge in [0.25, 0.3) is 0 Å². The first kappa shape index (κ1) is 25.5. The lowest BCUT2D eigenvalue weighted by molar-refractivity contribution is -0.140. The van der Waals surface area contributed by atoms with Crippen LogP contribution in [0.15, 0.2) is 27.4 Å². The highest BCUT2D eigenvalue weighted by atomic mass is 16.5. The zero-order valence-electron chi connectivity index (χ0n) is 20.2. The Kier molecular flexibility index (Phi) is 7.45. The number of phenols is 1. The van der Waals surface area contributed by atoms with Crippen molar-refractivity contribution >= 4 is 5.97 Å². The highest BCUT2D eigenvalue weighted by Crippen LogP contribution is 2.43. The van der Waals surface area contributed by atoms with Crippen molar-refractivity contribution in [3.05, 3.63) is 56.6 Å². The van der Waals surface area contributed by atoms with Crippen LogP contribution in [0.25, 0.3) is 0 Å². The third-order valence-corrected chi connectivity index (χ3v) is 5.35. The van der Waals surface area contributed by atoms with Gasteiger partial charge in [-0.05, 0) is 27.5 Å². The zero-order valence-corrected chi connectivity index (χ0v) is 20.2. The molecule has 0 aliphatic heterocycles. The van der Waals surface area contributed by atoms with Crippen LogP contribution in [-0.2, 0) is 31.7 Å². The molecule has 2 aromatic rings. The average molecular weight is 447 g/mol. The van der Waals surface area contributed by atoms with Crippen LogP contribution in [0, 0.1) is 0 Å². The number of methoxy groups -OCH3 is 2. The molecular formula is C25H34O7. The molecular weight excluding hydrogens is 412 g/mol. The minimum absolute atomic E-state index is 0.0313. The normalized spacial score (nSPS) is 13.1. The van der Waals surface area contributed by atoms with Crippen LogP contribution in [-0.4, -0.2) is 30.4 Å². The molecule has 2 N–H and O–H groups in total. The summed E-state index contributed by atoms with van der Waals surface area (Å²) in [6.07, 6.45) is -0.165. The van der Waals surface area contributed by atoms with Crippen molar-refractivity contribution in [3.63, 3.8) is 0 Å². The molecule has 2 rings (SSSR count). The van der Waals surface area contributed by atoms with Crippen molar-refractivity contribution < 1.29 is 28.9 Å². The van der Waals surface area contributed by atoms with E-state index in [0.717, 1.165) is 6.07 Å². The van der Waals surface area contributed by atoms with E-state index in [0.29, 0.717) is 16.7 Å². The van der Waals surface area contributed by atoms with E-state index < -0.39 is 33.9 Å². The molecule has 0 amide bonds. The Balaban J connectivity index is 2.88.